The molecule has 0 radical (unpaired) electrons. The highest BCUT2D eigenvalue weighted by Gasteiger charge is 2.24. The summed E-state index contributed by atoms with van der Waals surface area (Å²) in [5, 5.41) is 2.95. The Kier molecular flexibility index (Phi) is 4.77. The van der Waals surface area contributed by atoms with E-state index in [4.69, 9.17) is 0 Å². The first-order valence-corrected chi connectivity index (χ1v) is 5.84. The quantitative estimate of drug-likeness (QED) is 0.739. The van der Waals surface area contributed by atoms with Gasteiger partial charge in [-0.05, 0) is 26.2 Å². The number of nitrogens with one attached hydrogen (secondary N) is 1. The summed E-state index contributed by atoms with van der Waals surface area (Å²) in [6, 6.07) is 0.623. The van der Waals surface area contributed by atoms with E-state index in [1.807, 2.05) is 4.90 Å². The van der Waals surface area contributed by atoms with Crippen molar-refractivity contribution in [2.75, 3.05) is 13.1 Å². The molecule has 1 rings (SSSR count). The van der Waals surface area contributed by atoms with Crippen molar-refractivity contribution in [3.05, 3.63) is 0 Å². The zero-order chi connectivity index (χ0) is 10.4. The van der Waals surface area contributed by atoms with Crippen LogP contribution in [0.2, 0.25) is 0 Å². The minimum absolute atomic E-state index is 0.126. The number of amides is 2. The molecule has 82 valence electrons. The summed E-state index contributed by atoms with van der Waals surface area (Å²) >= 11 is 0. The fraction of sp³-hybridized carbons (Fsp3) is 0.909. The zero-order valence-corrected chi connectivity index (χ0v) is 9.38. The number of rotatable bonds is 4. The number of urea groups is 1. The van der Waals surface area contributed by atoms with Crippen molar-refractivity contribution < 1.29 is 4.79 Å². The molecular weight excluding hydrogens is 176 g/mol. The standard InChI is InChI=1S/C11H22N2O/c1-3-9-12-11(14)13(4-2)10-7-5-6-8-10/h10H,3-9H2,1-2H3,(H,12,14). The molecule has 3 nitrogen and oxygen atoms in total. The molecule has 3 heteroatoms. The van der Waals surface area contributed by atoms with Gasteiger partial charge < -0.3 is 10.2 Å². The number of carbonyl (C=O) groups excluding carboxylic acids is 1. The molecule has 0 spiro atoms. The van der Waals surface area contributed by atoms with E-state index in [1.165, 1.54) is 25.7 Å². The first-order chi connectivity index (χ1) is 6.79. The molecule has 1 aliphatic carbocycles. The van der Waals surface area contributed by atoms with E-state index in [1.54, 1.807) is 0 Å². The van der Waals surface area contributed by atoms with Gasteiger partial charge in [0.15, 0.2) is 0 Å². The highest BCUT2D eigenvalue weighted by Crippen LogP contribution is 2.23. The van der Waals surface area contributed by atoms with Crippen LogP contribution in [0.15, 0.2) is 0 Å². The average molecular weight is 198 g/mol. The minimum atomic E-state index is 0.126. The molecule has 0 atom stereocenters. The summed E-state index contributed by atoms with van der Waals surface area (Å²) in [6.07, 6.45) is 5.94. The van der Waals surface area contributed by atoms with Gasteiger partial charge in [0.1, 0.15) is 0 Å². The van der Waals surface area contributed by atoms with Crippen molar-refractivity contribution in [3.8, 4) is 0 Å². The maximum atomic E-state index is 11.7. The lowest BCUT2D eigenvalue weighted by molar-refractivity contribution is 0.179. The third kappa shape index (κ3) is 2.89. The number of hydrogen-bond acceptors (Lipinski definition) is 1. The minimum Gasteiger partial charge on any atom is -0.338 e. The topological polar surface area (TPSA) is 32.3 Å². The van der Waals surface area contributed by atoms with Gasteiger partial charge in [0.25, 0.3) is 0 Å². The first kappa shape index (κ1) is 11.3. The molecule has 0 aromatic carbocycles. The van der Waals surface area contributed by atoms with E-state index < -0.39 is 0 Å². The molecule has 1 saturated carbocycles. The van der Waals surface area contributed by atoms with Crippen molar-refractivity contribution in [3.63, 3.8) is 0 Å². The van der Waals surface area contributed by atoms with Crippen molar-refractivity contribution in [2.24, 2.45) is 0 Å². The van der Waals surface area contributed by atoms with Crippen LogP contribution in [0.3, 0.4) is 0 Å². The predicted molar refractivity (Wildman–Crippen MR) is 58.3 cm³/mol. The van der Waals surface area contributed by atoms with E-state index in [9.17, 15) is 4.79 Å². The molecular formula is C11H22N2O. The van der Waals surface area contributed by atoms with Crippen LogP contribution in [0, 0.1) is 0 Å². The summed E-state index contributed by atoms with van der Waals surface area (Å²) < 4.78 is 0. The normalized spacial score (nSPS) is 17.0. The largest absolute Gasteiger partial charge is 0.338 e. The van der Waals surface area contributed by atoms with Crippen LogP contribution >= 0.6 is 0 Å². The summed E-state index contributed by atoms with van der Waals surface area (Å²) in [7, 11) is 0. The van der Waals surface area contributed by atoms with E-state index in [0.29, 0.717) is 6.04 Å². The van der Waals surface area contributed by atoms with Crippen molar-refractivity contribution in [2.45, 2.75) is 52.0 Å². The summed E-state index contributed by atoms with van der Waals surface area (Å²) in [6.45, 7) is 5.76. The van der Waals surface area contributed by atoms with Crippen LogP contribution in [0.25, 0.3) is 0 Å². The molecule has 0 saturated heterocycles. The molecule has 2 amide bonds. The second-order valence-corrected chi connectivity index (χ2v) is 3.96. The monoisotopic (exact) mass is 198 g/mol. The number of nitrogens with zero attached hydrogens (tertiary/aromatic N) is 1. The molecule has 0 aromatic heterocycles. The Bertz CT molecular complexity index is 176. The highest BCUT2D eigenvalue weighted by atomic mass is 16.2. The number of hydrogen-bond donors (Lipinski definition) is 1. The molecule has 1 aliphatic rings. The van der Waals surface area contributed by atoms with Gasteiger partial charge in [-0.2, -0.15) is 0 Å². The Hall–Kier alpha value is -0.730. The van der Waals surface area contributed by atoms with Crippen LogP contribution in [0.1, 0.15) is 46.0 Å². The van der Waals surface area contributed by atoms with Gasteiger partial charge >= 0.3 is 6.03 Å². The molecule has 1 N–H and O–H groups in total. The number of carbonyl (C=O) groups is 1. The fourth-order valence-corrected chi connectivity index (χ4v) is 2.12. The molecule has 0 aliphatic heterocycles. The average Bonchev–Trinajstić information content (AvgIpc) is 2.69. The Morgan fingerprint density at radius 3 is 2.50 bits per heavy atom. The van der Waals surface area contributed by atoms with E-state index >= 15 is 0 Å². The van der Waals surface area contributed by atoms with Gasteiger partial charge in [-0.3, -0.25) is 0 Å². The second-order valence-electron chi connectivity index (χ2n) is 3.96. The van der Waals surface area contributed by atoms with Crippen LogP contribution in [-0.4, -0.2) is 30.1 Å². The van der Waals surface area contributed by atoms with Crippen LogP contribution in [-0.2, 0) is 0 Å². The molecule has 0 unspecified atom stereocenters. The van der Waals surface area contributed by atoms with Crippen LogP contribution < -0.4 is 5.32 Å². The van der Waals surface area contributed by atoms with Gasteiger partial charge in [0, 0.05) is 19.1 Å². The van der Waals surface area contributed by atoms with Gasteiger partial charge in [-0.25, -0.2) is 4.79 Å². The van der Waals surface area contributed by atoms with Crippen LogP contribution in [0.4, 0.5) is 4.79 Å². The maximum absolute atomic E-state index is 11.7. The molecule has 0 aromatic rings. The fourth-order valence-electron chi connectivity index (χ4n) is 2.12. The molecule has 14 heavy (non-hydrogen) atoms. The lowest BCUT2D eigenvalue weighted by Crippen LogP contribution is -2.45. The maximum Gasteiger partial charge on any atom is 0.317 e. The first-order valence-electron chi connectivity index (χ1n) is 5.84. The van der Waals surface area contributed by atoms with Crippen molar-refractivity contribution in [1.82, 2.24) is 10.2 Å². The second kappa shape index (κ2) is 5.89. The Balaban J connectivity index is 2.39. The van der Waals surface area contributed by atoms with Crippen molar-refractivity contribution in [1.29, 1.82) is 0 Å². The Morgan fingerprint density at radius 2 is 2.00 bits per heavy atom. The summed E-state index contributed by atoms with van der Waals surface area (Å²) in [5.74, 6) is 0. The van der Waals surface area contributed by atoms with Gasteiger partial charge in [-0.1, -0.05) is 19.8 Å². The third-order valence-electron chi connectivity index (χ3n) is 2.89. The summed E-state index contributed by atoms with van der Waals surface area (Å²) in [4.78, 5) is 13.7. The van der Waals surface area contributed by atoms with Gasteiger partial charge in [0.2, 0.25) is 0 Å². The molecule has 1 fully saturated rings. The predicted octanol–water partition coefficient (Wildman–Crippen LogP) is 2.37. The zero-order valence-electron chi connectivity index (χ0n) is 9.38. The van der Waals surface area contributed by atoms with Gasteiger partial charge in [-0.15, -0.1) is 0 Å². The third-order valence-corrected chi connectivity index (χ3v) is 2.89. The van der Waals surface area contributed by atoms with E-state index in [2.05, 4.69) is 19.2 Å². The Labute approximate surface area is 86.9 Å². The van der Waals surface area contributed by atoms with Crippen LogP contribution in [0.5, 0.6) is 0 Å². The Morgan fingerprint density at radius 1 is 1.36 bits per heavy atom. The smallest absolute Gasteiger partial charge is 0.317 e. The van der Waals surface area contributed by atoms with E-state index in [-0.39, 0.29) is 6.03 Å². The van der Waals surface area contributed by atoms with E-state index in [0.717, 1.165) is 19.5 Å². The lowest BCUT2D eigenvalue weighted by atomic mass is 10.2. The highest BCUT2D eigenvalue weighted by molar-refractivity contribution is 5.74. The molecule has 0 heterocycles. The molecule has 0 bridgehead atoms. The SMILES string of the molecule is CCCNC(=O)N(CC)C1CCCC1. The summed E-state index contributed by atoms with van der Waals surface area (Å²) in [5.41, 5.74) is 0. The lowest BCUT2D eigenvalue weighted by Gasteiger charge is -2.27. The van der Waals surface area contributed by atoms with Gasteiger partial charge in [0.05, 0.1) is 0 Å². The van der Waals surface area contributed by atoms with Crippen molar-refractivity contribution >= 4 is 6.03 Å².